The highest BCUT2D eigenvalue weighted by molar-refractivity contribution is 5.74. The first kappa shape index (κ1) is 18.9. The molecule has 0 amide bonds. The van der Waals surface area contributed by atoms with Gasteiger partial charge in [-0.25, -0.2) is 0 Å². The molecule has 0 aromatic carbocycles. The van der Waals surface area contributed by atoms with Crippen molar-refractivity contribution in [2.24, 2.45) is 47.3 Å². The minimum atomic E-state index is -0.236. The Morgan fingerprint density at radius 3 is 2.29 bits per heavy atom. The van der Waals surface area contributed by atoms with Gasteiger partial charge in [0.15, 0.2) is 0 Å². The molecule has 5 aliphatic carbocycles. The van der Waals surface area contributed by atoms with Crippen LogP contribution in [0.4, 0.5) is 0 Å². The van der Waals surface area contributed by atoms with E-state index in [1.54, 1.807) is 0 Å². The molecule has 8 atom stereocenters. The minimum absolute atomic E-state index is 0.0570. The molecule has 4 heteroatoms. The van der Waals surface area contributed by atoms with E-state index in [4.69, 9.17) is 9.47 Å². The lowest BCUT2D eigenvalue weighted by atomic mass is 9.66. The number of fused-ring (bicyclic) bond motifs is 9. The summed E-state index contributed by atoms with van der Waals surface area (Å²) in [6, 6.07) is 0. The normalized spacial score (nSPS) is 45.3. The molecule has 0 radical (unpaired) electrons. The minimum Gasteiger partial charge on any atom is -0.462 e. The highest BCUT2D eigenvalue weighted by Crippen LogP contribution is 2.69. The monoisotopic (exact) mass is 388 g/mol. The number of esters is 2. The maximum absolute atomic E-state index is 13.1. The summed E-state index contributed by atoms with van der Waals surface area (Å²) in [6.07, 6.45) is 10.3. The van der Waals surface area contributed by atoms with Gasteiger partial charge in [0.25, 0.3) is 0 Å². The van der Waals surface area contributed by atoms with Crippen molar-refractivity contribution in [2.75, 3.05) is 0 Å². The van der Waals surface area contributed by atoms with Crippen molar-refractivity contribution >= 4 is 11.9 Å². The number of hydrogen-bond acceptors (Lipinski definition) is 4. The van der Waals surface area contributed by atoms with E-state index in [9.17, 15) is 9.59 Å². The lowest BCUT2D eigenvalue weighted by Gasteiger charge is -2.42. The number of rotatable bonds is 4. The van der Waals surface area contributed by atoms with E-state index in [2.05, 4.69) is 6.92 Å². The van der Waals surface area contributed by atoms with Gasteiger partial charge in [-0.1, -0.05) is 20.3 Å². The van der Waals surface area contributed by atoms with Gasteiger partial charge in [-0.05, 0) is 93.8 Å². The first-order valence-corrected chi connectivity index (χ1v) is 11.8. The summed E-state index contributed by atoms with van der Waals surface area (Å²) >= 11 is 0. The van der Waals surface area contributed by atoms with Crippen LogP contribution in [0.2, 0.25) is 0 Å². The molecule has 8 unspecified atom stereocenters. The summed E-state index contributed by atoms with van der Waals surface area (Å²) < 4.78 is 12.0. The van der Waals surface area contributed by atoms with Crippen LogP contribution in [0.15, 0.2) is 0 Å². The fraction of sp³-hybridized carbons (Fsp3) is 0.917. The van der Waals surface area contributed by atoms with Crippen LogP contribution in [0.5, 0.6) is 0 Å². The summed E-state index contributed by atoms with van der Waals surface area (Å²) in [4.78, 5) is 25.3. The molecular weight excluding hydrogens is 352 g/mol. The number of carbonyl (C=O) groups excluding carboxylic acids is 2. The van der Waals surface area contributed by atoms with Crippen LogP contribution < -0.4 is 0 Å². The summed E-state index contributed by atoms with van der Waals surface area (Å²) in [5.41, 5.74) is -0.236. The smallest absolute Gasteiger partial charge is 0.309 e. The van der Waals surface area contributed by atoms with Crippen molar-refractivity contribution in [1.82, 2.24) is 0 Å². The van der Waals surface area contributed by atoms with Crippen LogP contribution in [-0.2, 0) is 19.1 Å². The van der Waals surface area contributed by atoms with Gasteiger partial charge in [0, 0.05) is 0 Å². The molecule has 0 N–H and O–H groups in total. The van der Waals surface area contributed by atoms with Gasteiger partial charge in [-0.3, -0.25) is 9.59 Å². The SMILES string of the molecule is CC(C)C(=O)OC1CC2CC1C1C3CC(CC3C(=O)OC3(C)CCCCC3)C21. The van der Waals surface area contributed by atoms with Crippen molar-refractivity contribution in [3.63, 3.8) is 0 Å². The van der Waals surface area contributed by atoms with Crippen LogP contribution in [0, 0.1) is 47.3 Å². The second-order valence-electron chi connectivity index (χ2n) is 11.1. The highest BCUT2D eigenvalue weighted by Gasteiger charge is 2.66. The van der Waals surface area contributed by atoms with Gasteiger partial charge in [-0.15, -0.1) is 0 Å². The Bertz CT molecular complexity index is 649. The predicted octanol–water partition coefficient (Wildman–Crippen LogP) is 4.75. The Hall–Kier alpha value is -1.06. The van der Waals surface area contributed by atoms with Crippen molar-refractivity contribution in [1.29, 1.82) is 0 Å². The molecular formula is C24H36O4. The zero-order valence-corrected chi connectivity index (χ0v) is 17.7. The van der Waals surface area contributed by atoms with Crippen molar-refractivity contribution in [2.45, 2.75) is 90.3 Å². The van der Waals surface area contributed by atoms with E-state index in [1.807, 2.05) is 13.8 Å². The molecule has 0 heterocycles. The van der Waals surface area contributed by atoms with E-state index in [1.165, 1.54) is 32.1 Å². The molecule has 5 rings (SSSR count). The highest BCUT2D eigenvalue weighted by atomic mass is 16.6. The average Bonchev–Trinajstić information content (AvgIpc) is 3.40. The largest absolute Gasteiger partial charge is 0.462 e. The standard InChI is InChI=1S/C24H36O4/c1-13(2)22(25)27-19-12-15-11-18(19)21-16-9-14(20(15)21)10-17(16)23(26)28-24(3)7-5-4-6-8-24/h13-21H,4-12H2,1-3H3. The van der Waals surface area contributed by atoms with Gasteiger partial charge in [-0.2, -0.15) is 0 Å². The molecule has 0 saturated heterocycles. The lowest BCUT2D eigenvalue weighted by molar-refractivity contribution is -0.172. The number of hydrogen-bond donors (Lipinski definition) is 0. The molecule has 5 fully saturated rings. The Morgan fingerprint density at radius 2 is 1.57 bits per heavy atom. The molecule has 5 saturated carbocycles. The average molecular weight is 389 g/mol. The molecule has 4 bridgehead atoms. The molecule has 0 spiro atoms. The van der Waals surface area contributed by atoms with E-state index >= 15 is 0 Å². The zero-order chi connectivity index (χ0) is 19.6. The molecule has 156 valence electrons. The molecule has 0 aliphatic heterocycles. The second-order valence-corrected chi connectivity index (χ2v) is 11.1. The fourth-order valence-electron chi connectivity index (χ4n) is 7.95. The summed E-state index contributed by atoms with van der Waals surface area (Å²) in [7, 11) is 0. The van der Waals surface area contributed by atoms with E-state index < -0.39 is 0 Å². The van der Waals surface area contributed by atoms with Gasteiger partial charge in [0.05, 0.1) is 11.8 Å². The third kappa shape index (κ3) is 2.92. The molecule has 4 nitrogen and oxygen atoms in total. The first-order valence-electron chi connectivity index (χ1n) is 11.8. The summed E-state index contributed by atoms with van der Waals surface area (Å²) in [5.74, 6) is 3.76. The van der Waals surface area contributed by atoms with Crippen LogP contribution in [0.3, 0.4) is 0 Å². The number of carbonyl (C=O) groups is 2. The molecule has 0 aromatic heterocycles. The Kier molecular flexibility index (Phi) is 4.56. The van der Waals surface area contributed by atoms with Gasteiger partial charge in [0.2, 0.25) is 0 Å². The maximum Gasteiger partial charge on any atom is 0.309 e. The van der Waals surface area contributed by atoms with Crippen LogP contribution >= 0.6 is 0 Å². The van der Waals surface area contributed by atoms with Crippen molar-refractivity contribution < 1.29 is 19.1 Å². The Morgan fingerprint density at radius 1 is 0.893 bits per heavy atom. The Labute approximate surface area is 169 Å². The van der Waals surface area contributed by atoms with Gasteiger partial charge in [0.1, 0.15) is 11.7 Å². The predicted molar refractivity (Wildman–Crippen MR) is 105 cm³/mol. The fourth-order valence-corrected chi connectivity index (χ4v) is 7.95. The second kappa shape index (κ2) is 6.74. The summed E-state index contributed by atoms with van der Waals surface area (Å²) in [6.45, 7) is 5.96. The molecule has 0 aromatic rings. The van der Waals surface area contributed by atoms with E-state index in [0.29, 0.717) is 29.6 Å². The maximum atomic E-state index is 13.1. The van der Waals surface area contributed by atoms with Crippen LogP contribution in [0.25, 0.3) is 0 Å². The summed E-state index contributed by atoms with van der Waals surface area (Å²) in [5, 5.41) is 0. The van der Waals surface area contributed by atoms with Crippen LogP contribution in [-0.4, -0.2) is 23.6 Å². The third-order valence-electron chi connectivity index (χ3n) is 9.06. The zero-order valence-electron chi connectivity index (χ0n) is 17.7. The Balaban J connectivity index is 1.27. The van der Waals surface area contributed by atoms with E-state index in [-0.39, 0.29) is 35.5 Å². The van der Waals surface area contributed by atoms with Gasteiger partial charge < -0.3 is 9.47 Å². The molecule has 28 heavy (non-hydrogen) atoms. The van der Waals surface area contributed by atoms with E-state index in [0.717, 1.165) is 31.6 Å². The lowest BCUT2D eigenvalue weighted by Crippen LogP contribution is -2.44. The van der Waals surface area contributed by atoms with Gasteiger partial charge >= 0.3 is 11.9 Å². The van der Waals surface area contributed by atoms with Crippen LogP contribution in [0.1, 0.15) is 78.6 Å². The third-order valence-corrected chi connectivity index (χ3v) is 9.06. The number of ether oxygens (including phenoxy) is 2. The van der Waals surface area contributed by atoms with Crippen molar-refractivity contribution in [3.05, 3.63) is 0 Å². The van der Waals surface area contributed by atoms with Crippen molar-refractivity contribution in [3.8, 4) is 0 Å². The quantitative estimate of drug-likeness (QED) is 0.515. The molecule has 5 aliphatic rings. The topological polar surface area (TPSA) is 52.6 Å². The first-order chi connectivity index (χ1) is 13.4.